The van der Waals surface area contributed by atoms with Crippen LogP contribution in [0.2, 0.25) is 0 Å². The number of rotatable bonds is 7. The van der Waals surface area contributed by atoms with Crippen LogP contribution in [-0.4, -0.2) is 42.8 Å². The molecule has 7 nitrogen and oxygen atoms in total. The summed E-state index contributed by atoms with van der Waals surface area (Å²) < 4.78 is 1.89. The van der Waals surface area contributed by atoms with E-state index in [0.717, 1.165) is 5.56 Å². The number of fused-ring (bicyclic) bond motifs is 1. The molecule has 1 atom stereocenters. The van der Waals surface area contributed by atoms with Gasteiger partial charge in [0, 0.05) is 19.3 Å². The summed E-state index contributed by atoms with van der Waals surface area (Å²) in [6.07, 6.45) is 3.71. The van der Waals surface area contributed by atoms with Crippen molar-refractivity contribution in [2.45, 2.75) is 19.4 Å². The summed E-state index contributed by atoms with van der Waals surface area (Å²) in [5.74, 6) is 0.131. The smallest absolute Gasteiger partial charge is 0.267 e. The molecular weight excluding hydrogens is 444 g/mol. The molecule has 0 bridgehead atoms. The third-order valence-electron chi connectivity index (χ3n) is 5.16. The maximum atomic E-state index is 13.2. The van der Waals surface area contributed by atoms with Crippen LogP contribution in [0, 0.1) is 0 Å². The number of thiocarbonyl (C=S) groups is 1. The van der Waals surface area contributed by atoms with E-state index in [2.05, 4.69) is 10.3 Å². The van der Waals surface area contributed by atoms with Gasteiger partial charge in [-0.05, 0) is 37.1 Å². The first kappa shape index (κ1) is 22.2. The van der Waals surface area contributed by atoms with E-state index in [9.17, 15) is 9.59 Å². The van der Waals surface area contributed by atoms with E-state index in [1.807, 2.05) is 37.3 Å². The number of aliphatic hydroxyl groups is 1. The Morgan fingerprint density at radius 1 is 1.19 bits per heavy atom. The Balaban J connectivity index is 1.74. The molecule has 2 aromatic heterocycles. The summed E-state index contributed by atoms with van der Waals surface area (Å²) in [4.78, 5) is 33.0. The summed E-state index contributed by atoms with van der Waals surface area (Å²) in [7, 11) is 0. The first-order valence-electron chi connectivity index (χ1n) is 10.2. The van der Waals surface area contributed by atoms with E-state index < -0.39 is 0 Å². The van der Waals surface area contributed by atoms with Gasteiger partial charge in [-0.1, -0.05) is 60.4 Å². The summed E-state index contributed by atoms with van der Waals surface area (Å²) in [6, 6.07) is 14.7. The molecule has 0 radical (unpaired) electrons. The second kappa shape index (κ2) is 9.64. The van der Waals surface area contributed by atoms with Crippen molar-refractivity contribution in [3.8, 4) is 0 Å². The number of pyridine rings is 1. The molecule has 3 heterocycles. The number of carbonyl (C=O) groups is 1. The van der Waals surface area contributed by atoms with E-state index in [0.29, 0.717) is 33.7 Å². The highest BCUT2D eigenvalue weighted by molar-refractivity contribution is 8.26. The standard InChI is InChI=1S/C23H22N4O3S2/c1-15(16-8-3-2-4-9-16)27-22(30)18(32-23(27)31)14-17-20(24-11-7-13-28)25-19-10-5-6-12-26(19)21(17)29/h2-6,8-10,12,14-15,24,28H,7,11,13H2,1H3/b18-14-/t15-/m1/s1. The molecule has 0 unspecified atom stereocenters. The lowest BCUT2D eigenvalue weighted by Gasteiger charge is -2.23. The number of anilines is 1. The highest BCUT2D eigenvalue weighted by Crippen LogP contribution is 2.38. The van der Waals surface area contributed by atoms with Crippen LogP contribution in [0.15, 0.2) is 64.4 Å². The fraction of sp³-hybridized carbons (Fsp3) is 0.217. The van der Waals surface area contributed by atoms with Crippen LogP contribution in [0.1, 0.15) is 30.5 Å². The van der Waals surface area contributed by atoms with Gasteiger partial charge < -0.3 is 10.4 Å². The van der Waals surface area contributed by atoms with Gasteiger partial charge in [-0.2, -0.15) is 0 Å². The van der Waals surface area contributed by atoms with Crippen molar-refractivity contribution in [2.24, 2.45) is 0 Å². The zero-order valence-electron chi connectivity index (χ0n) is 17.4. The molecule has 32 heavy (non-hydrogen) atoms. The Kier molecular flexibility index (Phi) is 6.69. The van der Waals surface area contributed by atoms with Gasteiger partial charge in [0.25, 0.3) is 11.5 Å². The maximum absolute atomic E-state index is 13.2. The lowest BCUT2D eigenvalue weighted by molar-refractivity contribution is -0.123. The van der Waals surface area contributed by atoms with Crippen molar-refractivity contribution in [1.82, 2.24) is 14.3 Å². The van der Waals surface area contributed by atoms with E-state index in [1.165, 1.54) is 16.2 Å². The number of carbonyl (C=O) groups excluding carboxylic acids is 1. The molecule has 3 aromatic rings. The minimum atomic E-state index is -0.288. The van der Waals surface area contributed by atoms with Gasteiger partial charge in [0.05, 0.1) is 16.5 Å². The number of aromatic nitrogens is 2. The van der Waals surface area contributed by atoms with Crippen molar-refractivity contribution in [2.75, 3.05) is 18.5 Å². The lowest BCUT2D eigenvalue weighted by Crippen LogP contribution is -2.31. The monoisotopic (exact) mass is 466 g/mol. The van der Waals surface area contributed by atoms with Crippen LogP contribution in [0.25, 0.3) is 11.7 Å². The van der Waals surface area contributed by atoms with Gasteiger partial charge in [0.2, 0.25) is 0 Å². The topological polar surface area (TPSA) is 86.9 Å². The number of nitrogens with zero attached hydrogens (tertiary/aromatic N) is 3. The average Bonchev–Trinajstić information content (AvgIpc) is 3.09. The third-order valence-corrected chi connectivity index (χ3v) is 6.50. The molecule has 164 valence electrons. The van der Waals surface area contributed by atoms with Crippen molar-refractivity contribution in [3.05, 3.63) is 81.1 Å². The second-order valence-electron chi connectivity index (χ2n) is 7.25. The lowest BCUT2D eigenvalue weighted by atomic mass is 10.1. The van der Waals surface area contributed by atoms with E-state index >= 15 is 0 Å². The average molecular weight is 467 g/mol. The second-order valence-corrected chi connectivity index (χ2v) is 8.93. The minimum Gasteiger partial charge on any atom is -0.396 e. The van der Waals surface area contributed by atoms with Crippen LogP contribution in [-0.2, 0) is 4.79 Å². The van der Waals surface area contributed by atoms with Gasteiger partial charge >= 0.3 is 0 Å². The SMILES string of the molecule is C[C@H](c1ccccc1)N1C(=O)/C(=C/c2c(NCCCO)nc3ccccn3c2=O)SC1=S. The first-order valence-corrected chi connectivity index (χ1v) is 11.4. The Morgan fingerprint density at radius 2 is 1.94 bits per heavy atom. The van der Waals surface area contributed by atoms with E-state index in [1.54, 1.807) is 35.4 Å². The summed E-state index contributed by atoms with van der Waals surface area (Å²) in [5, 5.41) is 12.2. The highest BCUT2D eigenvalue weighted by Gasteiger charge is 2.36. The molecule has 1 aliphatic heterocycles. The number of hydrogen-bond donors (Lipinski definition) is 2. The van der Waals surface area contributed by atoms with E-state index in [-0.39, 0.29) is 29.7 Å². The number of nitrogens with one attached hydrogen (secondary N) is 1. The summed E-state index contributed by atoms with van der Waals surface area (Å²) >= 11 is 6.68. The predicted molar refractivity (Wildman–Crippen MR) is 132 cm³/mol. The normalized spacial score (nSPS) is 16.2. The predicted octanol–water partition coefficient (Wildman–Crippen LogP) is 3.45. The van der Waals surface area contributed by atoms with Gasteiger partial charge in [-0.15, -0.1) is 0 Å². The van der Waals surface area contributed by atoms with Crippen molar-refractivity contribution in [1.29, 1.82) is 0 Å². The minimum absolute atomic E-state index is 0.0188. The van der Waals surface area contributed by atoms with Crippen LogP contribution in [0.3, 0.4) is 0 Å². The van der Waals surface area contributed by atoms with Crippen molar-refractivity contribution >= 4 is 51.7 Å². The molecule has 9 heteroatoms. The molecule has 4 rings (SSSR count). The maximum Gasteiger partial charge on any atom is 0.267 e. The molecule has 1 amide bonds. The number of benzene rings is 1. The van der Waals surface area contributed by atoms with Crippen molar-refractivity contribution in [3.63, 3.8) is 0 Å². The summed E-state index contributed by atoms with van der Waals surface area (Å²) in [6.45, 7) is 2.39. The number of amides is 1. The molecule has 1 aliphatic rings. The first-order chi connectivity index (χ1) is 15.5. The molecule has 1 fully saturated rings. The Labute approximate surface area is 194 Å². The number of hydrogen-bond acceptors (Lipinski definition) is 7. The van der Waals surface area contributed by atoms with E-state index in [4.69, 9.17) is 17.3 Å². The molecule has 2 N–H and O–H groups in total. The highest BCUT2D eigenvalue weighted by atomic mass is 32.2. The fourth-order valence-electron chi connectivity index (χ4n) is 3.48. The molecule has 0 saturated carbocycles. The number of thioether (sulfide) groups is 1. The Bertz CT molecular complexity index is 1260. The van der Waals surface area contributed by atoms with Crippen LogP contribution in [0.4, 0.5) is 5.82 Å². The zero-order valence-corrected chi connectivity index (χ0v) is 19.0. The third kappa shape index (κ3) is 4.32. The Morgan fingerprint density at radius 3 is 2.69 bits per heavy atom. The quantitative estimate of drug-likeness (QED) is 0.313. The molecule has 0 aliphatic carbocycles. The van der Waals surface area contributed by atoms with Crippen molar-refractivity contribution < 1.29 is 9.90 Å². The molecule has 1 aromatic carbocycles. The van der Waals surface area contributed by atoms with Crippen LogP contribution < -0.4 is 10.9 Å². The van der Waals surface area contributed by atoms with Gasteiger partial charge in [0.15, 0.2) is 0 Å². The number of aliphatic hydroxyl groups excluding tert-OH is 1. The van der Waals surface area contributed by atoms with Crippen LogP contribution in [0.5, 0.6) is 0 Å². The van der Waals surface area contributed by atoms with Gasteiger partial charge in [0.1, 0.15) is 15.8 Å². The largest absolute Gasteiger partial charge is 0.396 e. The van der Waals surface area contributed by atoms with Gasteiger partial charge in [-0.3, -0.25) is 18.9 Å². The zero-order chi connectivity index (χ0) is 22.7. The Hall–Kier alpha value is -3.01. The summed E-state index contributed by atoms with van der Waals surface area (Å²) in [5.41, 5.74) is 1.46. The molecule has 1 saturated heterocycles. The molecule has 0 spiro atoms. The van der Waals surface area contributed by atoms with Crippen LogP contribution >= 0.6 is 24.0 Å². The fourth-order valence-corrected chi connectivity index (χ4v) is 4.88. The molecular formula is C23H22N4O3S2. The van der Waals surface area contributed by atoms with Gasteiger partial charge in [-0.25, -0.2) is 4.98 Å².